The van der Waals surface area contributed by atoms with E-state index < -0.39 is 0 Å². The highest BCUT2D eigenvalue weighted by Crippen LogP contribution is 2.36. The van der Waals surface area contributed by atoms with Crippen molar-refractivity contribution in [1.82, 2.24) is 0 Å². The second kappa shape index (κ2) is 14.7. The Hall–Kier alpha value is -2.31. The third-order valence-electron chi connectivity index (χ3n) is 8.00. The summed E-state index contributed by atoms with van der Waals surface area (Å²) in [6, 6.07) is 4.45. The van der Waals surface area contributed by atoms with Gasteiger partial charge in [0.1, 0.15) is 0 Å². The van der Waals surface area contributed by atoms with E-state index >= 15 is 0 Å². The first kappa shape index (κ1) is 33.7. The molecule has 1 aromatic rings. The lowest BCUT2D eigenvalue weighted by atomic mass is 9.82. The van der Waals surface area contributed by atoms with E-state index in [9.17, 15) is 0 Å². The highest BCUT2D eigenvalue weighted by molar-refractivity contribution is 7.37. The molecule has 1 rings (SSSR count). The molecular weight excluding hydrogens is 479 g/mol. The van der Waals surface area contributed by atoms with Gasteiger partial charge in [0, 0.05) is 12.0 Å². The Morgan fingerprint density at radius 3 is 1.89 bits per heavy atom. The zero-order valence-electron chi connectivity index (χ0n) is 26.6. The molecule has 0 saturated heterocycles. The average Bonchev–Trinajstić information content (AvgIpc) is 2.87. The molecule has 0 amide bonds. The highest BCUT2D eigenvalue weighted by atomic mass is 31.1. The van der Waals surface area contributed by atoms with E-state index in [1.54, 1.807) is 0 Å². The van der Waals surface area contributed by atoms with Crippen LogP contribution in [-0.2, 0) is 0 Å². The largest absolute Gasteiger partial charge is 0.303 e. The van der Waals surface area contributed by atoms with Gasteiger partial charge in [0.15, 0.2) is 0 Å². The minimum absolute atomic E-state index is 0.135. The van der Waals surface area contributed by atoms with Crippen molar-refractivity contribution in [2.24, 2.45) is 15.8 Å². The van der Waals surface area contributed by atoms with Gasteiger partial charge >= 0.3 is 0 Å². The normalized spacial score (nSPS) is 15.0. The summed E-state index contributed by atoms with van der Waals surface area (Å²) < 4.78 is 0. The molecule has 1 aromatic carbocycles. The van der Waals surface area contributed by atoms with Crippen LogP contribution in [0.1, 0.15) is 112 Å². The first-order valence-electron chi connectivity index (χ1n) is 14.0. The van der Waals surface area contributed by atoms with Crippen LogP contribution in [-0.4, -0.2) is 23.9 Å². The van der Waals surface area contributed by atoms with Crippen molar-refractivity contribution >= 4 is 42.3 Å². The molecule has 1 N–H and O–H groups in total. The fraction of sp³-hybridized carbons (Fsp3) is 0.514. The van der Waals surface area contributed by atoms with Gasteiger partial charge < -0.3 is 5.41 Å². The van der Waals surface area contributed by atoms with Crippen molar-refractivity contribution in [3.63, 3.8) is 0 Å². The standard InChI is InChI=1S/C35H53N2P/c1-14-31(36)32(22-23-38-13)37-33-28(7)29(24(3)17-19-27(6)35(11,12)15-2)20-21-30(33)25(4)16-18-26(5)34(8,9)10/h16-21,23,36H,14-15,22H2,1-13H3. The Bertz CT molecular complexity index is 1180. The van der Waals surface area contributed by atoms with Crippen molar-refractivity contribution in [1.29, 1.82) is 5.41 Å². The number of nitrogens with zero attached hydrogens (tertiary/aromatic N) is 1. The van der Waals surface area contributed by atoms with Gasteiger partial charge in [-0.25, -0.2) is 0 Å². The van der Waals surface area contributed by atoms with Crippen molar-refractivity contribution < 1.29 is 0 Å². The number of benzene rings is 1. The fourth-order valence-electron chi connectivity index (χ4n) is 3.78. The smallest absolute Gasteiger partial charge is 0.0744 e. The van der Waals surface area contributed by atoms with Crippen LogP contribution in [0.5, 0.6) is 0 Å². The first-order chi connectivity index (χ1) is 17.6. The summed E-state index contributed by atoms with van der Waals surface area (Å²) in [5, 5.41) is 8.61. The van der Waals surface area contributed by atoms with E-state index in [0.717, 1.165) is 28.9 Å². The van der Waals surface area contributed by atoms with E-state index in [2.05, 4.69) is 125 Å². The highest BCUT2D eigenvalue weighted by Gasteiger charge is 2.17. The maximum absolute atomic E-state index is 8.61. The molecule has 0 heterocycles. The van der Waals surface area contributed by atoms with Gasteiger partial charge in [0.05, 0.1) is 17.1 Å². The number of hydrogen-bond acceptors (Lipinski definition) is 2. The molecule has 0 aliphatic heterocycles. The van der Waals surface area contributed by atoms with Crippen LogP contribution in [0.15, 0.2) is 52.6 Å². The van der Waals surface area contributed by atoms with Gasteiger partial charge in [-0.1, -0.05) is 102 Å². The third-order valence-corrected chi connectivity index (χ3v) is 8.55. The van der Waals surface area contributed by atoms with Gasteiger partial charge in [0.25, 0.3) is 0 Å². The van der Waals surface area contributed by atoms with Crippen LogP contribution < -0.4 is 0 Å². The van der Waals surface area contributed by atoms with E-state index in [-0.39, 0.29) is 10.8 Å². The van der Waals surface area contributed by atoms with Crippen molar-refractivity contribution in [2.45, 2.75) is 102 Å². The maximum Gasteiger partial charge on any atom is 0.0744 e. The molecule has 0 aliphatic rings. The second-order valence-electron chi connectivity index (χ2n) is 12.1. The van der Waals surface area contributed by atoms with Crippen LogP contribution in [0.4, 0.5) is 5.69 Å². The molecule has 208 valence electrons. The quantitative estimate of drug-likeness (QED) is 0.167. The first-order valence-corrected chi connectivity index (χ1v) is 15.4. The molecule has 0 atom stereocenters. The molecule has 0 fully saturated rings. The number of allylic oxidation sites excluding steroid dienone is 8. The molecule has 2 nitrogen and oxygen atoms in total. The van der Waals surface area contributed by atoms with Gasteiger partial charge in [0.2, 0.25) is 0 Å². The SMILES string of the molecule is CCC(=N)C(CC=PC)=Nc1c(C(C)=CC=C(C)C(C)(C)C)ccc(C(C)=CC=C(C)C(C)(C)CC)c1C. The monoisotopic (exact) mass is 532 g/mol. The lowest BCUT2D eigenvalue weighted by Gasteiger charge is -2.23. The summed E-state index contributed by atoms with van der Waals surface area (Å²) in [7, 11) is 1.21. The summed E-state index contributed by atoms with van der Waals surface area (Å²) in [6.07, 6.45) is 11.5. The Balaban J connectivity index is 3.89. The maximum atomic E-state index is 8.61. The van der Waals surface area contributed by atoms with Crippen LogP contribution in [0, 0.1) is 23.2 Å². The molecule has 0 aromatic heterocycles. The van der Waals surface area contributed by atoms with Crippen molar-refractivity contribution in [2.75, 3.05) is 6.66 Å². The molecular formula is C35H53N2P. The second-order valence-corrected chi connectivity index (χ2v) is 12.9. The Morgan fingerprint density at radius 2 is 1.39 bits per heavy atom. The summed E-state index contributed by atoms with van der Waals surface area (Å²) in [6.45, 7) is 28.7. The average molecular weight is 533 g/mol. The van der Waals surface area contributed by atoms with E-state index in [4.69, 9.17) is 10.4 Å². The zero-order valence-corrected chi connectivity index (χ0v) is 27.5. The molecule has 0 unspecified atom stereocenters. The van der Waals surface area contributed by atoms with Gasteiger partial charge in [-0.3, -0.25) is 4.99 Å². The number of hydrogen-bond donors (Lipinski definition) is 1. The molecule has 0 saturated carbocycles. The number of rotatable bonds is 11. The van der Waals surface area contributed by atoms with Crippen LogP contribution >= 0.6 is 8.20 Å². The molecule has 0 bridgehead atoms. The van der Waals surface area contributed by atoms with Gasteiger partial charge in [-0.15, -0.1) is 8.20 Å². The van der Waals surface area contributed by atoms with Crippen molar-refractivity contribution in [3.05, 3.63) is 64.3 Å². The fourth-order valence-corrected chi connectivity index (χ4v) is 4.13. The summed E-state index contributed by atoms with van der Waals surface area (Å²) in [5.41, 5.74) is 11.4. The van der Waals surface area contributed by atoms with E-state index in [1.807, 2.05) is 6.92 Å². The topological polar surface area (TPSA) is 36.2 Å². The Labute approximate surface area is 236 Å². The summed E-state index contributed by atoms with van der Waals surface area (Å²) in [5.74, 6) is 2.19. The number of nitrogens with one attached hydrogen (secondary N) is 1. The molecule has 38 heavy (non-hydrogen) atoms. The van der Waals surface area contributed by atoms with E-state index in [0.29, 0.717) is 18.6 Å². The lowest BCUT2D eigenvalue weighted by Crippen LogP contribution is -2.12. The predicted octanol–water partition coefficient (Wildman–Crippen LogP) is 11.4. The van der Waals surface area contributed by atoms with Gasteiger partial charge in [-0.05, 0) is 87.2 Å². The molecule has 0 spiro atoms. The minimum atomic E-state index is 0.135. The summed E-state index contributed by atoms with van der Waals surface area (Å²) in [4.78, 5) is 5.21. The number of aliphatic imine (C=N–C) groups is 1. The van der Waals surface area contributed by atoms with Crippen LogP contribution in [0.2, 0.25) is 0 Å². The molecule has 0 radical (unpaired) electrons. The Kier molecular flexibility index (Phi) is 13.1. The van der Waals surface area contributed by atoms with Crippen molar-refractivity contribution in [3.8, 4) is 0 Å². The molecule has 0 aliphatic carbocycles. The van der Waals surface area contributed by atoms with Gasteiger partial charge in [-0.2, -0.15) is 0 Å². The molecule has 3 heteroatoms. The summed E-state index contributed by atoms with van der Waals surface area (Å²) >= 11 is 0. The Morgan fingerprint density at radius 1 is 0.868 bits per heavy atom. The predicted molar refractivity (Wildman–Crippen MR) is 178 cm³/mol. The van der Waals surface area contributed by atoms with E-state index in [1.165, 1.54) is 36.1 Å². The van der Waals surface area contributed by atoms with Crippen LogP contribution in [0.25, 0.3) is 11.1 Å². The van der Waals surface area contributed by atoms with Crippen LogP contribution in [0.3, 0.4) is 0 Å². The lowest BCUT2D eigenvalue weighted by molar-refractivity contribution is 0.429. The minimum Gasteiger partial charge on any atom is -0.303 e. The third kappa shape index (κ3) is 9.46. The zero-order chi connectivity index (χ0) is 29.3.